The smallest absolute Gasteiger partial charge is 0.387 e. The van der Waals surface area contributed by atoms with Crippen molar-refractivity contribution in [1.82, 2.24) is 10.5 Å². The number of nitrogens with one attached hydrogen (secondary N) is 2. The van der Waals surface area contributed by atoms with Gasteiger partial charge in [0, 0.05) is 44.7 Å². The first kappa shape index (κ1) is 21.6. The van der Waals surface area contributed by atoms with Crippen LogP contribution in [0.15, 0.2) is 47.0 Å². The van der Waals surface area contributed by atoms with E-state index in [2.05, 4.69) is 25.4 Å². The molecule has 0 aliphatic carbocycles. The highest BCUT2D eigenvalue weighted by atomic mass is 19.3. The zero-order valence-electron chi connectivity index (χ0n) is 17.3. The minimum Gasteiger partial charge on any atom is -0.507 e. The van der Waals surface area contributed by atoms with Gasteiger partial charge in [0.25, 0.3) is 0 Å². The lowest BCUT2D eigenvalue weighted by Crippen LogP contribution is -2.43. The fourth-order valence-electron chi connectivity index (χ4n) is 3.59. The van der Waals surface area contributed by atoms with Crippen LogP contribution in [0.4, 0.5) is 20.3 Å². The van der Waals surface area contributed by atoms with E-state index in [4.69, 9.17) is 4.52 Å². The summed E-state index contributed by atoms with van der Waals surface area (Å²) in [5, 5.41) is 20.8. The summed E-state index contributed by atoms with van der Waals surface area (Å²) >= 11 is 0. The molecule has 1 aliphatic heterocycles. The van der Waals surface area contributed by atoms with Gasteiger partial charge in [0.15, 0.2) is 11.6 Å². The second kappa shape index (κ2) is 9.23. The summed E-state index contributed by atoms with van der Waals surface area (Å²) in [6, 6.07) is 11.2. The number of phenols is 1. The number of hydrogen-bond acceptors (Lipinski definition) is 7. The molecule has 0 saturated carbocycles. The SMILES string of the molecule is CC(=O)Nc1ccc(-c2cccc(-c3cc(N4CCNCC4)no3)c2O)cc1OC(F)F. The highest BCUT2D eigenvalue weighted by Gasteiger charge is 2.20. The van der Waals surface area contributed by atoms with Gasteiger partial charge in [-0.15, -0.1) is 0 Å². The quantitative estimate of drug-likeness (QED) is 0.533. The predicted octanol–water partition coefficient (Wildman–Crippen LogP) is 3.68. The molecule has 2 aromatic carbocycles. The Bertz CT molecular complexity index is 1110. The molecule has 8 nitrogen and oxygen atoms in total. The zero-order valence-corrected chi connectivity index (χ0v) is 17.3. The highest BCUT2D eigenvalue weighted by Crippen LogP contribution is 2.41. The number of aromatic hydroxyl groups is 1. The number of rotatable bonds is 6. The van der Waals surface area contributed by atoms with Crippen LogP contribution < -0.4 is 20.3 Å². The number of halogens is 2. The average molecular weight is 444 g/mol. The monoisotopic (exact) mass is 444 g/mol. The number of amides is 1. The Hall–Kier alpha value is -3.66. The van der Waals surface area contributed by atoms with E-state index in [0.717, 1.165) is 26.2 Å². The fraction of sp³-hybridized carbons (Fsp3) is 0.273. The number of carbonyl (C=O) groups excluding carboxylic acids is 1. The number of para-hydroxylation sites is 1. The number of nitrogens with zero attached hydrogens (tertiary/aromatic N) is 2. The summed E-state index contributed by atoms with van der Waals surface area (Å²) in [5.41, 5.74) is 1.33. The van der Waals surface area contributed by atoms with E-state index in [0.29, 0.717) is 28.3 Å². The molecule has 1 aromatic heterocycles. The first-order chi connectivity index (χ1) is 15.4. The van der Waals surface area contributed by atoms with Gasteiger partial charge in [0.1, 0.15) is 11.5 Å². The van der Waals surface area contributed by atoms with Gasteiger partial charge < -0.3 is 29.9 Å². The number of hydrogen-bond donors (Lipinski definition) is 3. The molecule has 1 aliphatic rings. The number of anilines is 2. The van der Waals surface area contributed by atoms with Crippen LogP contribution in [0, 0.1) is 0 Å². The number of phenolic OH excluding ortho intramolecular Hbond substituents is 1. The molecule has 3 N–H and O–H groups in total. The minimum atomic E-state index is -3.07. The number of alkyl halides is 2. The molecule has 32 heavy (non-hydrogen) atoms. The van der Waals surface area contributed by atoms with Gasteiger partial charge in [-0.05, 0) is 23.8 Å². The second-order valence-corrected chi connectivity index (χ2v) is 7.26. The lowest BCUT2D eigenvalue weighted by Gasteiger charge is -2.26. The van der Waals surface area contributed by atoms with Crippen molar-refractivity contribution in [3.05, 3.63) is 42.5 Å². The van der Waals surface area contributed by atoms with Gasteiger partial charge in [0.2, 0.25) is 5.91 Å². The van der Waals surface area contributed by atoms with E-state index in [1.807, 2.05) is 0 Å². The normalized spacial score (nSPS) is 13.9. The van der Waals surface area contributed by atoms with Crippen molar-refractivity contribution >= 4 is 17.4 Å². The Morgan fingerprint density at radius 3 is 2.69 bits per heavy atom. The number of carbonyl (C=O) groups is 1. The maximum atomic E-state index is 12.9. The molecule has 1 amide bonds. The summed E-state index contributed by atoms with van der Waals surface area (Å²) in [6.45, 7) is 1.48. The molecule has 3 aromatic rings. The molecule has 0 bridgehead atoms. The molecule has 2 heterocycles. The number of aromatic nitrogens is 1. The Morgan fingerprint density at radius 2 is 1.97 bits per heavy atom. The van der Waals surface area contributed by atoms with Gasteiger partial charge >= 0.3 is 6.61 Å². The first-order valence-electron chi connectivity index (χ1n) is 10.0. The summed E-state index contributed by atoms with van der Waals surface area (Å²) in [7, 11) is 0. The number of benzene rings is 2. The van der Waals surface area contributed by atoms with Crippen molar-refractivity contribution in [1.29, 1.82) is 0 Å². The minimum absolute atomic E-state index is 0.0919. The van der Waals surface area contributed by atoms with Gasteiger partial charge in [-0.25, -0.2) is 0 Å². The molecule has 1 fully saturated rings. The molecular weight excluding hydrogens is 422 g/mol. The summed E-state index contributed by atoms with van der Waals surface area (Å²) in [5.74, 6) is 0.339. The maximum Gasteiger partial charge on any atom is 0.387 e. The summed E-state index contributed by atoms with van der Waals surface area (Å²) in [4.78, 5) is 13.4. The largest absolute Gasteiger partial charge is 0.507 e. The topological polar surface area (TPSA) is 99.9 Å². The first-order valence-corrected chi connectivity index (χ1v) is 10.0. The van der Waals surface area contributed by atoms with Crippen molar-refractivity contribution in [3.63, 3.8) is 0 Å². The van der Waals surface area contributed by atoms with Crippen LogP contribution in [-0.2, 0) is 4.79 Å². The van der Waals surface area contributed by atoms with Crippen molar-refractivity contribution < 1.29 is 27.9 Å². The van der Waals surface area contributed by atoms with E-state index < -0.39 is 12.5 Å². The third-order valence-electron chi connectivity index (χ3n) is 5.06. The van der Waals surface area contributed by atoms with Gasteiger partial charge in [-0.3, -0.25) is 4.79 Å². The van der Waals surface area contributed by atoms with Crippen LogP contribution in [0.25, 0.3) is 22.5 Å². The van der Waals surface area contributed by atoms with Crippen molar-refractivity contribution in [2.24, 2.45) is 0 Å². The van der Waals surface area contributed by atoms with Gasteiger partial charge in [0.05, 0.1) is 11.3 Å². The molecule has 0 atom stereocenters. The molecule has 1 saturated heterocycles. The summed E-state index contributed by atoms with van der Waals surface area (Å²) in [6.07, 6.45) is 0. The van der Waals surface area contributed by atoms with Crippen LogP contribution in [0.3, 0.4) is 0 Å². The molecule has 168 valence electrons. The Balaban J connectivity index is 1.68. The molecule has 4 rings (SSSR count). The van der Waals surface area contributed by atoms with Crippen LogP contribution in [0.2, 0.25) is 0 Å². The Kier molecular flexibility index (Phi) is 6.22. The van der Waals surface area contributed by atoms with E-state index >= 15 is 0 Å². The predicted molar refractivity (Wildman–Crippen MR) is 115 cm³/mol. The summed E-state index contributed by atoms with van der Waals surface area (Å²) < 4.78 is 35.8. The zero-order chi connectivity index (χ0) is 22.7. The van der Waals surface area contributed by atoms with Crippen molar-refractivity contribution in [2.75, 3.05) is 36.4 Å². The average Bonchev–Trinajstić information content (AvgIpc) is 3.25. The second-order valence-electron chi connectivity index (χ2n) is 7.26. The molecule has 0 unspecified atom stereocenters. The van der Waals surface area contributed by atoms with Crippen LogP contribution in [-0.4, -0.2) is 49.0 Å². The standard InChI is InChI=1S/C22H22F2N4O4/c1-13(29)26-17-6-5-14(11-19(17)31-22(23)24)15-3-2-4-16(21(15)30)18-12-20(27-32-18)28-9-7-25-8-10-28/h2-6,11-12,22,25,30H,7-10H2,1H3,(H,26,29). The van der Waals surface area contributed by atoms with Gasteiger partial charge in [-0.1, -0.05) is 23.4 Å². The fourth-order valence-corrected chi connectivity index (χ4v) is 3.59. The third-order valence-corrected chi connectivity index (χ3v) is 5.06. The Morgan fingerprint density at radius 1 is 1.22 bits per heavy atom. The van der Waals surface area contributed by atoms with E-state index in [-0.39, 0.29) is 17.2 Å². The number of piperazine rings is 1. The van der Waals surface area contributed by atoms with Crippen molar-refractivity contribution in [3.8, 4) is 33.9 Å². The maximum absolute atomic E-state index is 12.9. The molecule has 0 spiro atoms. The van der Waals surface area contributed by atoms with Crippen LogP contribution in [0.1, 0.15) is 6.92 Å². The van der Waals surface area contributed by atoms with Crippen LogP contribution >= 0.6 is 0 Å². The number of ether oxygens (including phenoxy) is 1. The van der Waals surface area contributed by atoms with Gasteiger partial charge in [-0.2, -0.15) is 8.78 Å². The molecule has 10 heteroatoms. The van der Waals surface area contributed by atoms with Crippen LogP contribution in [0.5, 0.6) is 11.5 Å². The van der Waals surface area contributed by atoms with Crippen molar-refractivity contribution in [2.45, 2.75) is 13.5 Å². The van der Waals surface area contributed by atoms with E-state index in [1.165, 1.54) is 19.1 Å². The Labute approximate surface area is 182 Å². The highest BCUT2D eigenvalue weighted by molar-refractivity contribution is 5.91. The van der Waals surface area contributed by atoms with E-state index in [9.17, 15) is 18.7 Å². The third kappa shape index (κ3) is 4.65. The lowest BCUT2D eigenvalue weighted by atomic mass is 9.99. The molecular formula is C22H22F2N4O4. The van der Waals surface area contributed by atoms with E-state index in [1.54, 1.807) is 30.3 Å². The lowest BCUT2D eigenvalue weighted by molar-refractivity contribution is -0.114. The molecule has 0 radical (unpaired) electrons.